The van der Waals surface area contributed by atoms with E-state index < -0.39 is 26.6 Å². The van der Waals surface area contributed by atoms with Gasteiger partial charge in [0.15, 0.2) is 0 Å². The quantitative estimate of drug-likeness (QED) is 0.796. The molecule has 0 saturated carbocycles. The molecule has 0 radical (unpaired) electrons. The molecule has 0 unspecified atom stereocenters. The van der Waals surface area contributed by atoms with Crippen molar-refractivity contribution in [2.24, 2.45) is 0 Å². The smallest absolute Gasteiger partial charge is 0.257 e. The van der Waals surface area contributed by atoms with E-state index >= 15 is 0 Å². The molecule has 2 heterocycles. The van der Waals surface area contributed by atoms with Crippen LogP contribution < -0.4 is 5.32 Å². The second-order valence-electron chi connectivity index (χ2n) is 5.49. The number of benzene rings is 1. The summed E-state index contributed by atoms with van der Waals surface area (Å²) in [5.41, 5.74) is 0.384. The van der Waals surface area contributed by atoms with Crippen molar-refractivity contribution in [2.75, 3.05) is 31.6 Å². The number of carbonyl (C=O) groups excluding carboxylic acids is 1. The number of nitrogens with one attached hydrogen (secondary N) is 1. The lowest BCUT2D eigenvalue weighted by Gasteiger charge is -2.26. The van der Waals surface area contributed by atoms with Gasteiger partial charge >= 0.3 is 0 Å². The van der Waals surface area contributed by atoms with E-state index in [9.17, 15) is 17.6 Å². The van der Waals surface area contributed by atoms with Gasteiger partial charge in [0.25, 0.3) is 5.91 Å². The summed E-state index contributed by atoms with van der Waals surface area (Å²) in [6, 6.07) is 6.31. The number of hydrogen-bond donors (Lipinski definition) is 1. The van der Waals surface area contributed by atoms with Gasteiger partial charge in [-0.25, -0.2) is 17.8 Å². The van der Waals surface area contributed by atoms with Crippen LogP contribution in [0.2, 0.25) is 5.15 Å². The van der Waals surface area contributed by atoms with Crippen molar-refractivity contribution in [3.05, 3.63) is 53.1 Å². The molecule has 0 spiro atoms. The van der Waals surface area contributed by atoms with Crippen LogP contribution in [0.4, 0.5) is 10.1 Å². The minimum absolute atomic E-state index is 0.148. The first-order chi connectivity index (χ1) is 12.4. The Bertz CT molecular complexity index is 916. The number of amides is 1. The number of carbonyl (C=O) groups is 1. The molecule has 2 aromatic rings. The zero-order chi connectivity index (χ0) is 18.7. The third-order valence-corrected chi connectivity index (χ3v) is 5.90. The third kappa shape index (κ3) is 4.01. The molecule has 1 saturated heterocycles. The minimum atomic E-state index is -4.02. The molecule has 10 heteroatoms. The number of halogens is 2. The molecule has 7 nitrogen and oxygen atoms in total. The van der Waals surface area contributed by atoms with Crippen molar-refractivity contribution in [1.82, 2.24) is 9.29 Å². The van der Waals surface area contributed by atoms with E-state index in [1.54, 1.807) is 0 Å². The average Bonchev–Trinajstić information content (AvgIpc) is 2.64. The van der Waals surface area contributed by atoms with Gasteiger partial charge in [0.1, 0.15) is 15.9 Å². The fraction of sp³-hybridized carbons (Fsp3) is 0.250. The Labute approximate surface area is 154 Å². The van der Waals surface area contributed by atoms with Crippen molar-refractivity contribution in [1.29, 1.82) is 0 Å². The lowest BCUT2D eigenvalue weighted by molar-refractivity contribution is 0.0729. The SMILES string of the molecule is O=C(Nc1ccc(F)c(S(=O)(=O)N2CCOCC2)c1)c1ccc(Cl)nc1. The molecule has 1 aromatic heterocycles. The Morgan fingerprint density at radius 2 is 1.96 bits per heavy atom. The van der Waals surface area contributed by atoms with Crippen molar-refractivity contribution < 1.29 is 22.3 Å². The third-order valence-electron chi connectivity index (χ3n) is 3.77. The minimum Gasteiger partial charge on any atom is -0.379 e. The van der Waals surface area contributed by atoms with Gasteiger partial charge in [-0.2, -0.15) is 4.31 Å². The largest absolute Gasteiger partial charge is 0.379 e. The van der Waals surface area contributed by atoms with Gasteiger partial charge in [-0.05, 0) is 30.3 Å². The van der Waals surface area contributed by atoms with E-state index in [1.807, 2.05) is 0 Å². The molecule has 1 aromatic carbocycles. The van der Waals surface area contributed by atoms with Gasteiger partial charge in [-0.1, -0.05) is 11.6 Å². The van der Waals surface area contributed by atoms with Crippen LogP contribution in [-0.2, 0) is 14.8 Å². The van der Waals surface area contributed by atoms with Gasteiger partial charge in [0.05, 0.1) is 18.8 Å². The number of pyridine rings is 1. The summed E-state index contributed by atoms with van der Waals surface area (Å²) in [5, 5.41) is 2.76. The van der Waals surface area contributed by atoms with Gasteiger partial charge in [0.2, 0.25) is 10.0 Å². The Morgan fingerprint density at radius 1 is 1.23 bits per heavy atom. The van der Waals surface area contributed by atoms with Crippen LogP contribution in [0.25, 0.3) is 0 Å². The highest BCUT2D eigenvalue weighted by atomic mass is 35.5. The Kier molecular flexibility index (Phi) is 5.52. The van der Waals surface area contributed by atoms with Crippen molar-refractivity contribution in [3.63, 3.8) is 0 Å². The number of nitrogens with zero attached hydrogens (tertiary/aromatic N) is 2. The van der Waals surface area contributed by atoms with Crippen LogP contribution in [0.3, 0.4) is 0 Å². The Morgan fingerprint density at radius 3 is 2.62 bits per heavy atom. The molecule has 1 N–H and O–H groups in total. The van der Waals surface area contributed by atoms with Crippen LogP contribution in [-0.4, -0.2) is 49.9 Å². The van der Waals surface area contributed by atoms with Gasteiger partial charge in [-0.3, -0.25) is 4.79 Å². The van der Waals surface area contributed by atoms with Gasteiger partial charge < -0.3 is 10.1 Å². The summed E-state index contributed by atoms with van der Waals surface area (Å²) in [6.07, 6.45) is 1.28. The van der Waals surface area contributed by atoms with E-state index in [0.717, 1.165) is 16.4 Å². The van der Waals surface area contributed by atoms with Crippen LogP contribution in [0, 0.1) is 5.82 Å². The molecule has 1 aliphatic heterocycles. The van der Waals surface area contributed by atoms with Crippen molar-refractivity contribution in [2.45, 2.75) is 4.90 Å². The zero-order valence-corrected chi connectivity index (χ0v) is 15.1. The van der Waals surface area contributed by atoms with E-state index in [4.69, 9.17) is 16.3 Å². The molecule has 3 rings (SSSR count). The number of ether oxygens (including phenoxy) is 1. The molecular weight excluding hydrogens is 385 g/mol. The molecule has 0 aliphatic carbocycles. The number of sulfonamides is 1. The highest BCUT2D eigenvalue weighted by molar-refractivity contribution is 7.89. The maximum absolute atomic E-state index is 14.2. The summed E-state index contributed by atoms with van der Waals surface area (Å²) in [5.74, 6) is -1.40. The highest BCUT2D eigenvalue weighted by Gasteiger charge is 2.29. The number of hydrogen-bond acceptors (Lipinski definition) is 5. The average molecular weight is 400 g/mol. The van der Waals surface area contributed by atoms with E-state index in [-0.39, 0.29) is 42.7 Å². The van der Waals surface area contributed by atoms with Crippen molar-refractivity contribution in [3.8, 4) is 0 Å². The molecule has 26 heavy (non-hydrogen) atoms. The molecule has 0 atom stereocenters. The van der Waals surface area contributed by atoms with E-state index in [2.05, 4.69) is 10.3 Å². The maximum Gasteiger partial charge on any atom is 0.257 e. The van der Waals surface area contributed by atoms with Crippen LogP contribution >= 0.6 is 11.6 Å². The zero-order valence-electron chi connectivity index (χ0n) is 13.5. The predicted octanol–water partition coefficient (Wildman–Crippen LogP) is 2.15. The summed E-state index contributed by atoms with van der Waals surface area (Å²) in [7, 11) is -4.02. The van der Waals surface area contributed by atoms with E-state index in [1.165, 1.54) is 24.4 Å². The Balaban J connectivity index is 1.85. The van der Waals surface area contributed by atoms with E-state index in [0.29, 0.717) is 0 Å². The standard InChI is InChI=1S/C16H15ClFN3O4S/c17-15-4-1-11(10-19-15)16(22)20-12-2-3-13(18)14(9-12)26(23,24)21-5-7-25-8-6-21/h1-4,9-10H,5-8H2,(H,20,22). The fourth-order valence-electron chi connectivity index (χ4n) is 2.42. The topological polar surface area (TPSA) is 88.6 Å². The Hall–Kier alpha value is -2.07. The number of morpholine rings is 1. The van der Waals surface area contributed by atoms with Crippen LogP contribution in [0.15, 0.2) is 41.4 Å². The summed E-state index contributed by atoms with van der Waals surface area (Å²) < 4.78 is 45.7. The summed E-state index contributed by atoms with van der Waals surface area (Å²) in [4.78, 5) is 15.5. The molecular formula is C16H15ClFN3O4S. The normalized spacial score (nSPS) is 15.6. The first-order valence-corrected chi connectivity index (χ1v) is 9.50. The van der Waals surface area contributed by atoms with Gasteiger partial charge in [-0.15, -0.1) is 0 Å². The summed E-state index contributed by atoms with van der Waals surface area (Å²) in [6.45, 7) is 0.797. The summed E-state index contributed by atoms with van der Waals surface area (Å²) >= 11 is 5.67. The lowest BCUT2D eigenvalue weighted by Crippen LogP contribution is -2.40. The first kappa shape index (κ1) is 18.7. The molecule has 138 valence electrons. The molecule has 1 amide bonds. The molecule has 0 bridgehead atoms. The number of rotatable bonds is 4. The second kappa shape index (κ2) is 7.67. The number of anilines is 1. The maximum atomic E-state index is 14.2. The van der Waals surface area contributed by atoms with Gasteiger partial charge in [0, 0.05) is 25.0 Å². The number of aromatic nitrogens is 1. The lowest BCUT2D eigenvalue weighted by atomic mass is 10.2. The highest BCUT2D eigenvalue weighted by Crippen LogP contribution is 2.24. The predicted molar refractivity (Wildman–Crippen MR) is 93.2 cm³/mol. The first-order valence-electron chi connectivity index (χ1n) is 7.68. The molecule has 1 fully saturated rings. The van der Waals surface area contributed by atoms with Crippen LogP contribution in [0.1, 0.15) is 10.4 Å². The fourth-order valence-corrected chi connectivity index (χ4v) is 4.03. The monoisotopic (exact) mass is 399 g/mol. The van der Waals surface area contributed by atoms with Crippen molar-refractivity contribution >= 4 is 33.2 Å². The second-order valence-corrected chi connectivity index (χ2v) is 7.78. The van der Waals surface area contributed by atoms with Crippen LogP contribution in [0.5, 0.6) is 0 Å². The molecule has 1 aliphatic rings.